The van der Waals surface area contributed by atoms with Crippen LogP contribution in [0.1, 0.15) is 31.5 Å². The number of nitrogens with zero attached hydrogens (tertiary/aromatic N) is 2. The summed E-state index contributed by atoms with van der Waals surface area (Å²) >= 11 is 0. The van der Waals surface area contributed by atoms with E-state index in [9.17, 15) is 4.79 Å². The zero-order valence-electron chi connectivity index (χ0n) is 11.9. The fraction of sp³-hybridized carbons (Fsp3) is 0.500. The lowest BCUT2D eigenvalue weighted by molar-refractivity contribution is 0.265. The predicted octanol–water partition coefficient (Wildman–Crippen LogP) is 2.55. The number of aromatic nitrogens is 2. The normalized spacial score (nSPS) is 16.3. The van der Waals surface area contributed by atoms with Crippen LogP contribution < -0.4 is 5.56 Å². The lowest BCUT2D eigenvalue weighted by atomic mass is 10.1. The number of hydrogen-bond donors (Lipinski definition) is 1. The summed E-state index contributed by atoms with van der Waals surface area (Å²) in [5.41, 5.74) is 0.736. The van der Waals surface area contributed by atoms with Crippen molar-refractivity contribution in [3.05, 3.63) is 40.4 Å². The molecular weight excluding hydrogens is 250 g/mol. The van der Waals surface area contributed by atoms with Gasteiger partial charge >= 0.3 is 0 Å². The molecule has 1 fully saturated rings. The van der Waals surface area contributed by atoms with Gasteiger partial charge in [0.25, 0.3) is 5.56 Å². The molecule has 4 nitrogen and oxygen atoms in total. The highest BCUT2D eigenvalue weighted by molar-refractivity contribution is 5.77. The summed E-state index contributed by atoms with van der Waals surface area (Å²) in [6.07, 6.45) is 5.41. The number of H-pyrrole nitrogens is 1. The maximum atomic E-state index is 12.0. The number of benzene rings is 1. The van der Waals surface area contributed by atoms with Crippen LogP contribution in [0.2, 0.25) is 0 Å². The average molecular weight is 271 g/mol. The number of para-hydroxylation sites is 1. The first-order chi connectivity index (χ1) is 9.72. The van der Waals surface area contributed by atoms with Gasteiger partial charge in [0.15, 0.2) is 0 Å². The highest BCUT2D eigenvalue weighted by atomic mass is 16.1. The SMILES string of the molecule is CN(Cc1nc2ccccc2c(=O)[nH]1)CC1CCCC1. The first-order valence-corrected chi connectivity index (χ1v) is 7.39. The first-order valence-electron chi connectivity index (χ1n) is 7.39. The van der Waals surface area contributed by atoms with Crippen LogP contribution in [0.15, 0.2) is 29.1 Å². The number of rotatable bonds is 4. The van der Waals surface area contributed by atoms with E-state index in [2.05, 4.69) is 21.9 Å². The fourth-order valence-corrected chi connectivity index (χ4v) is 3.16. The van der Waals surface area contributed by atoms with Crippen molar-refractivity contribution in [2.24, 2.45) is 5.92 Å². The molecule has 3 rings (SSSR count). The maximum absolute atomic E-state index is 12.0. The van der Waals surface area contributed by atoms with E-state index in [4.69, 9.17) is 0 Å². The largest absolute Gasteiger partial charge is 0.309 e. The van der Waals surface area contributed by atoms with Crippen LogP contribution in [0.3, 0.4) is 0 Å². The van der Waals surface area contributed by atoms with Crippen LogP contribution >= 0.6 is 0 Å². The monoisotopic (exact) mass is 271 g/mol. The lowest BCUT2D eigenvalue weighted by Gasteiger charge is -2.20. The van der Waals surface area contributed by atoms with Crippen molar-refractivity contribution in [3.8, 4) is 0 Å². The van der Waals surface area contributed by atoms with Crippen LogP contribution in [0.4, 0.5) is 0 Å². The third kappa shape index (κ3) is 2.90. The van der Waals surface area contributed by atoms with E-state index in [0.717, 1.165) is 23.8 Å². The van der Waals surface area contributed by atoms with Gasteiger partial charge < -0.3 is 4.98 Å². The van der Waals surface area contributed by atoms with Gasteiger partial charge in [0.05, 0.1) is 17.4 Å². The third-order valence-electron chi connectivity index (χ3n) is 4.13. The van der Waals surface area contributed by atoms with Crippen molar-refractivity contribution < 1.29 is 0 Å². The topological polar surface area (TPSA) is 49.0 Å². The molecule has 1 aromatic carbocycles. The maximum Gasteiger partial charge on any atom is 0.258 e. The van der Waals surface area contributed by atoms with Crippen LogP contribution in [0, 0.1) is 5.92 Å². The molecule has 1 aliphatic carbocycles. The lowest BCUT2D eigenvalue weighted by Crippen LogP contribution is -2.26. The van der Waals surface area contributed by atoms with Crippen LogP contribution in [0.5, 0.6) is 0 Å². The molecule has 0 amide bonds. The molecule has 0 unspecified atom stereocenters. The highest BCUT2D eigenvalue weighted by Crippen LogP contribution is 2.25. The fourth-order valence-electron chi connectivity index (χ4n) is 3.16. The summed E-state index contributed by atoms with van der Waals surface area (Å²) in [6, 6.07) is 7.49. The minimum atomic E-state index is -0.0418. The van der Waals surface area contributed by atoms with Crippen LogP contribution in [0.25, 0.3) is 10.9 Å². The van der Waals surface area contributed by atoms with Crippen molar-refractivity contribution in [1.29, 1.82) is 0 Å². The molecule has 0 saturated heterocycles. The quantitative estimate of drug-likeness (QED) is 0.929. The van der Waals surface area contributed by atoms with Crippen molar-refractivity contribution >= 4 is 10.9 Å². The van der Waals surface area contributed by atoms with E-state index in [1.165, 1.54) is 25.7 Å². The van der Waals surface area contributed by atoms with E-state index in [1.807, 2.05) is 24.3 Å². The summed E-state index contributed by atoms with van der Waals surface area (Å²) in [4.78, 5) is 21.7. The number of aromatic amines is 1. The molecular formula is C16H21N3O. The molecule has 20 heavy (non-hydrogen) atoms. The van der Waals surface area contributed by atoms with E-state index in [0.29, 0.717) is 11.9 Å². The summed E-state index contributed by atoms with van der Waals surface area (Å²) in [7, 11) is 2.10. The molecule has 106 valence electrons. The minimum absolute atomic E-state index is 0.0418. The molecule has 0 bridgehead atoms. The third-order valence-corrected chi connectivity index (χ3v) is 4.13. The van der Waals surface area contributed by atoms with Gasteiger partial charge in [0.2, 0.25) is 0 Å². The van der Waals surface area contributed by atoms with Gasteiger partial charge in [0, 0.05) is 6.54 Å². The Hall–Kier alpha value is -1.68. The summed E-state index contributed by atoms with van der Waals surface area (Å²) in [5.74, 6) is 1.57. The molecule has 0 aliphatic heterocycles. The molecule has 0 spiro atoms. The smallest absolute Gasteiger partial charge is 0.258 e. The zero-order valence-corrected chi connectivity index (χ0v) is 11.9. The molecule has 0 radical (unpaired) electrons. The second kappa shape index (κ2) is 5.75. The van der Waals surface area contributed by atoms with E-state index >= 15 is 0 Å². The number of hydrogen-bond acceptors (Lipinski definition) is 3. The molecule has 1 aliphatic rings. The first kappa shape index (κ1) is 13.3. The molecule has 1 N–H and O–H groups in total. The van der Waals surface area contributed by atoms with Gasteiger partial charge in [-0.05, 0) is 37.9 Å². The van der Waals surface area contributed by atoms with E-state index in [-0.39, 0.29) is 5.56 Å². The Morgan fingerprint density at radius 3 is 2.85 bits per heavy atom. The Kier molecular flexibility index (Phi) is 3.83. The number of nitrogens with one attached hydrogen (secondary N) is 1. The van der Waals surface area contributed by atoms with Crippen LogP contribution in [-0.2, 0) is 6.54 Å². The van der Waals surface area contributed by atoms with E-state index < -0.39 is 0 Å². The Labute approximate surface area is 118 Å². The molecule has 2 aromatic rings. The second-order valence-electron chi connectivity index (χ2n) is 5.88. The molecule has 1 heterocycles. The Bertz CT molecular complexity index is 643. The van der Waals surface area contributed by atoms with Gasteiger partial charge in [0.1, 0.15) is 5.82 Å². The van der Waals surface area contributed by atoms with Crippen molar-refractivity contribution in [3.63, 3.8) is 0 Å². The van der Waals surface area contributed by atoms with Gasteiger partial charge in [-0.2, -0.15) is 0 Å². The van der Waals surface area contributed by atoms with Crippen molar-refractivity contribution in [2.45, 2.75) is 32.2 Å². The molecule has 1 aromatic heterocycles. The summed E-state index contributed by atoms with van der Waals surface area (Å²) in [5, 5.41) is 0.662. The average Bonchev–Trinajstić information content (AvgIpc) is 2.91. The van der Waals surface area contributed by atoms with Crippen LogP contribution in [-0.4, -0.2) is 28.5 Å². The van der Waals surface area contributed by atoms with Gasteiger partial charge in [-0.15, -0.1) is 0 Å². The standard InChI is InChI=1S/C16H21N3O/c1-19(10-12-6-2-3-7-12)11-15-17-14-9-5-4-8-13(14)16(20)18-15/h4-5,8-9,12H,2-3,6-7,10-11H2,1H3,(H,17,18,20). The van der Waals surface area contributed by atoms with Gasteiger partial charge in [-0.1, -0.05) is 25.0 Å². The molecule has 0 atom stereocenters. The predicted molar refractivity (Wildman–Crippen MR) is 80.7 cm³/mol. The van der Waals surface area contributed by atoms with E-state index in [1.54, 1.807) is 0 Å². The summed E-state index contributed by atoms with van der Waals surface area (Å²) in [6.45, 7) is 1.80. The van der Waals surface area contributed by atoms with Crippen molar-refractivity contribution in [2.75, 3.05) is 13.6 Å². The Morgan fingerprint density at radius 1 is 1.30 bits per heavy atom. The second-order valence-corrected chi connectivity index (χ2v) is 5.88. The highest BCUT2D eigenvalue weighted by Gasteiger charge is 2.17. The summed E-state index contributed by atoms with van der Waals surface area (Å²) < 4.78 is 0. The molecule has 4 heteroatoms. The molecule has 1 saturated carbocycles. The minimum Gasteiger partial charge on any atom is -0.309 e. The Balaban J connectivity index is 1.75. The Morgan fingerprint density at radius 2 is 2.05 bits per heavy atom. The van der Waals surface area contributed by atoms with Gasteiger partial charge in [-0.25, -0.2) is 4.98 Å². The zero-order chi connectivity index (χ0) is 13.9. The number of fused-ring (bicyclic) bond motifs is 1. The van der Waals surface area contributed by atoms with Gasteiger partial charge in [-0.3, -0.25) is 9.69 Å². The van der Waals surface area contributed by atoms with Crippen molar-refractivity contribution in [1.82, 2.24) is 14.9 Å².